The van der Waals surface area contributed by atoms with Crippen molar-refractivity contribution in [2.75, 3.05) is 13.2 Å². The molecule has 0 rings (SSSR count). The zero-order chi connectivity index (χ0) is 16.3. The topological polar surface area (TPSA) is 18.5 Å². The zero-order valence-electron chi connectivity index (χ0n) is 15.0. The highest BCUT2D eigenvalue weighted by molar-refractivity contribution is 4.96. The van der Waals surface area contributed by atoms with Gasteiger partial charge in [0.05, 0.1) is 0 Å². The Morgan fingerprint density at radius 3 is 2.00 bits per heavy atom. The maximum absolute atomic E-state index is 5.86. The van der Waals surface area contributed by atoms with E-state index in [4.69, 9.17) is 9.47 Å². The molecule has 0 bridgehead atoms. The molecular weight excluding hydrogens is 272 g/mol. The van der Waals surface area contributed by atoms with Crippen LogP contribution in [0.4, 0.5) is 0 Å². The van der Waals surface area contributed by atoms with E-state index in [1.807, 2.05) is 12.2 Å². The van der Waals surface area contributed by atoms with Gasteiger partial charge in [0.25, 0.3) is 0 Å². The molecule has 0 aliphatic carbocycles. The Kier molecular flexibility index (Phi) is 17.9. The van der Waals surface area contributed by atoms with E-state index in [0.717, 1.165) is 32.5 Å². The van der Waals surface area contributed by atoms with E-state index < -0.39 is 0 Å². The van der Waals surface area contributed by atoms with Crippen LogP contribution in [0.2, 0.25) is 0 Å². The molecule has 0 aromatic heterocycles. The third kappa shape index (κ3) is 15.8. The van der Waals surface area contributed by atoms with Crippen LogP contribution in [-0.4, -0.2) is 19.5 Å². The van der Waals surface area contributed by atoms with Crippen LogP contribution in [0.3, 0.4) is 0 Å². The van der Waals surface area contributed by atoms with Crippen molar-refractivity contribution in [1.82, 2.24) is 0 Å². The molecule has 0 saturated heterocycles. The fourth-order valence-electron chi connectivity index (χ4n) is 2.23. The summed E-state index contributed by atoms with van der Waals surface area (Å²) in [6.45, 7) is 9.74. The smallest absolute Gasteiger partial charge is 0.157 e. The molecule has 0 aliphatic rings. The van der Waals surface area contributed by atoms with E-state index >= 15 is 0 Å². The first-order valence-corrected chi connectivity index (χ1v) is 9.35. The molecule has 0 aliphatic heterocycles. The predicted octanol–water partition coefficient (Wildman–Crippen LogP) is 6.42. The Morgan fingerprint density at radius 2 is 1.41 bits per heavy atom. The van der Waals surface area contributed by atoms with Gasteiger partial charge in [-0.3, -0.25) is 0 Å². The van der Waals surface area contributed by atoms with Crippen LogP contribution in [-0.2, 0) is 9.47 Å². The second kappa shape index (κ2) is 18.4. The molecule has 0 aromatic rings. The van der Waals surface area contributed by atoms with Crippen molar-refractivity contribution in [3.63, 3.8) is 0 Å². The van der Waals surface area contributed by atoms with Crippen LogP contribution in [0, 0.1) is 0 Å². The number of rotatable bonds is 17. The molecular formula is C20H38O2. The lowest BCUT2D eigenvalue weighted by molar-refractivity contribution is -0.147. The first-order valence-electron chi connectivity index (χ1n) is 9.35. The van der Waals surface area contributed by atoms with Crippen molar-refractivity contribution in [2.45, 2.75) is 90.8 Å². The lowest BCUT2D eigenvalue weighted by atomic mass is 10.1. The van der Waals surface area contributed by atoms with Gasteiger partial charge in [-0.1, -0.05) is 70.8 Å². The number of hydrogen-bond donors (Lipinski definition) is 0. The third-order valence-electron chi connectivity index (χ3n) is 3.69. The lowest BCUT2D eigenvalue weighted by Gasteiger charge is -2.18. The Labute approximate surface area is 139 Å². The zero-order valence-corrected chi connectivity index (χ0v) is 15.0. The summed E-state index contributed by atoms with van der Waals surface area (Å²) >= 11 is 0. The summed E-state index contributed by atoms with van der Waals surface area (Å²) in [4.78, 5) is 0. The highest BCUT2D eigenvalue weighted by Gasteiger charge is 2.08. The minimum absolute atomic E-state index is 0.0219. The minimum atomic E-state index is 0.0219. The van der Waals surface area contributed by atoms with Crippen LogP contribution in [0.25, 0.3) is 0 Å². The second-order valence-electron chi connectivity index (χ2n) is 5.89. The molecule has 22 heavy (non-hydrogen) atoms. The molecule has 0 amide bonds. The van der Waals surface area contributed by atoms with Gasteiger partial charge < -0.3 is 9.47 Å². The lowest BCUT2D eigenvalue weighted by Crippen LogP contribution is -2.18. The molecule has 2 heteroatoms. The Bertz CT molecular complexity index is 238. The van der Waals surface area contributed by atoms with Crippen molar-refractivity contribution >= 4 is 0 Å². The number of allylic oxidation sites excluding steroid dienone is 3. The number of hydrogen-bond acceptors (Lipinski definition) is 2. The highest BCUT2D eigenvalue weighted by Crippen LogP contribution is 2.12. The molecule has 0 atom stereocenters. The molecule has 0 unspecified atom stereocenters. The second-order valence-corrected chi connectivity index (χ2v) is 5.89. The van der Waals surface area contributed by atoms with Gasteiger partial charge in [-0.25, -0.2) is 0 Å². The summed E-state index contributed by atoms with van der Waals surface area (Å²) in [5, 5.41) is 0. The Hall–Kier alpha value is -0.600. The first kappa shape index (κ1) is 21.4. The largest absolute Gasteiger partial charge is 0.353 e. The van der Waals surface area contributed by atoms with Gasteiger partial charge in [0, 0.05) is 13.2 Å². The van der Waals surface area contributed by atoms with Gasteiger partial charge in [-0.05, 0) is 38.5 Å². The third-order valence-corrected chi connectivity index (χ3v) is 3.69. The average Bonchev–Trinajstić information content (AvgIpc) is 2.53. The average molecular weight is 311 g/mol. The van der Waals surface area contributed by atoms with Crippen molar-refractivity contribution in [1.29, 1.82) is 0 Å². The Balaban J connectivity index is 3.59. The van der Waals surface area contributed by atoms with Gasteiger partial charge in [0.15, 0.2) is 6.29 Å². The molecule has 0 spiro atoms. The van der Waals surface area contributed by atoms with Gasteiger partial charge in [0.2, 0.25) is 0 Å². The van der Waals surface area contributed by atoms with Gasteiger partial charge in [-0.15, -0.1) is 0 Å². The molecule has 0 radical (unpaired) electrons. The van der Waals surface area contributed by atoms with Crippen LogP contribution >= 0.6 is 0 Å². The van der Waals surface area contributed by atoms with Crippen molar-refractivity contribution in [2.24, 2.45) is 0 Å². The van der Waals surface area contributed by atoms with Crippen LogP contribution in [0.1, 0.15) is 84.5 Å². The van der Waals surface area contributed by atoms with Crippen LogP contribution in [0.5, 0.6) is 0 Å². The quantitative estimate of drug-likeness (QED) is 0.175. The van der Waals surface area contributed by atoms with E-state index in [2.05, 4.69) is 26.5 Å². The molecule has 2 nitrogen and oxygen atoms in total. The highest BCUT2D eigenvalue weighted by atomic mass is 16.7. The SMILES string of the molecule is C=C/C=C/CCCCCCCC(OCCCC)OCCCC. The van der Waals surface area contributed by atoms with Gasteiger partial charge >= 0.3 is 0 Å². The molecule has 0 fully saturated rings. The van der Waals surface area contributed by atoms with E-state index in [1.54, 1.807) is 0 Å². The van der Waals surface area contributed by atoms with E-state index in [-0.39, 0.29) is 6.29 Å². The maximum Gasteiger partial charge on any atom is 0.157 e. The molecule has 130 valence electrons. The number of unbranched alkanes of at least 4 members (excludes halogenated alkanes) is 7. The molecule has 0 aromatic carbocycles. The minimum Gasteiger partial charge on any atom is -0.353 e. The normalized spacial score (nSPS) is 11.6. The Morgan fingerprint density at radius 1 is 0.818 bits per heavy atom. The van der Waals surface area contributed by atoms with Crippen LogP contribution in [0.15, 0.2) is 24.8 Å². The molecule has 0 N–H and O–H groups in total. The van der Waals surface area contributed by atoms with Crippen molar-refractivity contribution < 1.29 is 9.47 Å². The monoisotopic (exact) mass is 310 g/mol. The molecule has 0 heterocycles. The van der Waals surface area contributed by atoms with Gasteiger partial charge in [-0.2, -0.15) is 0 Å². The maximum atomic E-state index is 5.86. The fourth-order valence-corrected chi connectivity index (χ4v) is 2.23. The van der Waals surface area contributed by atoms with E-state index in [9.17, 15) is 0 Å². The molecule has 0 saturated carbocycles. The summed E-state index contributed by atoms with van der Waals surface area (Å²) in [5.41, 5.74) is 0. The standard InChI is InChI=1S/C20H38O2/c1-4-7-10-11-12-13-14-15-16-17-20(21-18-8-5-2)22-19-9-6-3/h4,7,10,20H,1,5-6,8-9,11-19H2,2-3H3/b10-7+. The predicted molar refractivity (Wildman–Crippen MR) is 97.2 cm³/mol. The summed E-state index contributed by atoms with van der Waals surface area (Å²) in [6.07, 6.45) is 19.4. The summed E-state index contributed by atoms with van der Waals surface area (Å²) in [7, 11) is 0. The summed E-state index contributed by atoms with van der Waals surface area (Å²) < 4.78 is 11.7. The summed E-state index contributed by atoms with van der Waals surface area (Å²) in [5.74, 6) is 0. The van der Waals surface area contributed by atoms with Crippen molar-refractivity contribution in [3.05, 3.63) is 24.8 Å². The fraction of sp³-hybridized carbons (Fsp3) is 0.800. The van der Waals surface area contributed by atoms with Gasteiger partial charge in [0.1, 0.15) is 0 Å². The summed E-state index contributed by atoms with van der Waals surface area (Å²) in [6, 6.07) is 0. The number of ether oxygens (including phenoxy) is 2. The van der Waals surface area contributed by atoms with Crippen LogP contribution < -0.4 is 0 Å². The van der Waals surface area contributed by atoms with E-state index in [1.165, 1.54) is 51.4 Å². The van der Waals surface area contributed by atoms with E-state index in [0.29, 0.717) is 0 Å². The first-order chi connectivity index (χ1) is 10.8. The van der Waals surface area contributed by atoms with Crippen molar-refractivity contribution in [3.8, 4) is 0 Å².